The molecule has 0 saturated heterocycles. The highest BCUT2D eigenvalue weighted by Gasteiger charge is 2.29. The molecule has 1 atom stereocenters. The maximum Gasteiger partial charge on any atom is 0.247 e. The van der Waals surface area contributed by atoms with E-state index in [1.165, 1.54) is 10.4 Å². The second-order valence-corrected chi connectivity index (χ2v) is 7.92. The quantitative estimate of drug-likeness (QED) is 0.650. The van der Waals surface area contributed by atoms with Crippen molar-refractivity contribution in [3.05, 3.63) is 51.7 Å². The fraction of sp³-hybridized carbons (Fsp3) is 0.409. The number of methoxy groups -OCH3 is 1. The van der Waals surface area contributed by atoms with Crippen molar-refractivity contribution in [3.8, 4) is 11.5 Å². The zero-order valence-corrected chi connectivity index (χ0v) is 17.2. The Hall–Kier alpha value is -2.27. The van der Waals surface area contributed by atoms with Crippen molar-refractivity contribution in [1.29, 1.82) is 0 Å². The molecule has 4 nitrogen and oxygen atoms in total. The first-order chi connectivity index (χ1) is 13.0. The average molecular weight is 386 g/mol. The van der Waals surface area contributed by atoms with E-state index in [2.05, 4.69) is 18.4 Å². The van der Waals surface area contributed by atoms with Gasteiger partial charge in [-0.1, -0.05) is 13.0 Å². The van der Waals surface area contributed by atoms with Crippen LogP contribution in [0.1, 0.15) is 49.2 Å². The third-order valence-electron chi connectivity index (χ3n) is 4.73. The lowest BCUT2D eigenvalue weighted by molar-refractivity contribution is -0.128. The number of benzene rings is 1. The number of amides is 1. The molecule has 0 aliphatic carbocycles. The van der Waals surface area contributed by atoms with Gasteiger partial charge in [-0.2, -0.15) is 0 Å². The predicted molar refractivity (Wildman–Crippen MR) is 111 cm³/mol. The van der Waals surface area contributed by atoms with Gasteiger partial charge in [0.25, 0.3) is 0 Å². The molecule has 1 aromatic heterocycles. The van der Waals surface area contributed by atoms with E-state index < -0.39 is 0 Å². The number of hydrogen-bond donors (Lipinski definition) is 0. The molecule has 1 amide bonds. The molecule has 0 bridgehead atoms. The fourth-order valence-electron chi connectivity index (χ4n) is 3.50. The minimum absolute atomic E-state index is 0.0557. The minimum atomic E-state index is 0.0557. The maximum absolute atomic E-state index is 12.8. The second kappa shape index (κ2) is 8.61. The van der Waals surface area contributed by atoms with Crippen LogP contribution < -0.4 is 9.47 Å². The van der Waals surface area contributed by atoms with Crippen LogP contribution in [0.25, 0.3) is 6.08 Å². The Kier molecular flexibility index (Phi) is 6.22. The van der Waals surface area contributed by atoms with Crippen LogP contribution in [0.15, 0.2) is 35.7 Å². The highest BCUT2D eigenvalue weighted by molar-refractivity contribution is 7.10. The number of carbonyl (C=O) groups is 1. The zero-order chi connectivity index (χ0) is 19.4. The van der Waals surface area contributed by atoms with Gasteiger partial charge in [0.2, 0.25) is 5.91 Å². The molecule has 3 rings (SSSR count). The largest absolute Gasteiger partial charge is 0.493 e. The number of carbonyl (C=O) groups excluding carboxylic acids is 1. The van der Waals surface area contributed by atoms with Crippen molar-refractivity contribution in [2.24, 2.45) is 0 Å². The molecule has 2 aromatic rings. The monoisotopic (exact) mass is 385 g/mol. The van der Waals surface area contributed by atoms with E-state index >= 15 is 0 Å². The summed E-state index contributed by atoms with van der Waals surface area (Å²) in [6.45, 7) is 6.88. The highest BCUT2D eigenvalue weighted by Crippen LogP contribution is 2.35. The summed E-state index contributed by atoms with van der Waals surface area (Å²) in [6, 6.07) is 8.06. The topological polar surface area (TPSA) is 38.8 Å². The van der Waals surface area contributed by atoms with E-state index in [4.69, 9.17) is 9.47 Å². The van der Waals surface area contributed by atoms with Gasteiger partial charge in [0.15, 0.2) is 11.5 Å². The van der Waals surface area contributed by atoms with Crippen molar-refractivity contribution in [3.63, 3.8) is 0 Å². The van der Waals surface area contributed by atoms with Gasteiger partial charge >= 0.3 is 0 Å². The molecule has 2 heterocycles. The predicted octanol–water partition coefficient (Wildman–Crippen LogP) is 5.09. The van der Waals surface area contributed by atoms with Crippen LogP contribution in [0.3, 0.4) is 0 Å². The van der Waals surface area contributed by atoms with Gasteiger partial charge in [-0.25, -0.2) is 0 Å². The normalized spacial score (nSPS) is 16.6. The first-order valence-electron chi connectivity index (χ1n) is 9.43. The Morgan fingerprint density at radius 3 is 2.85 bits per heavy atom. The number of nitrogens with zero attached hydrogens (tertiary/aromatic N) is 1. The molecule has 0 radical (unpaired) electrons. The molecule has 0 N–H and O–H groups in total. The van der Waals surface area contributed by atoms with E-state index in [-0.39, 0.29) is 18.1 Å². The summed E-state index contributed by atoms with van der Waals surface area (Å²) < 4.78 is 11.2. The summed E-state index contributed by atoms with van der Waals surface area (Å²) in [5, 5.41) is 2.13. The summed E-state index contributed by atoms with van der Waals surface area (Å²) in [4.78, 5) is 16.2. The van der Waals surface area contributed by atoms with Crippen molar-refractivity contribution >= 4 is 23.3 Å². The molecular formula is C22H27NO3S. The number of thiophene rings is 1. The molecule has 144 valence electrons. The van der Waals surface area contributed by atoms with Gasteiger partial charge in [0, 0.05) is 17.5 Å². The van der Waals surface area contributed by atoms with Crippen molar-refractivity contribution in [2.45, 2.75) is 45.8 Å². The van der Waals surface area contributed by atoms with Gasteiger partial charge in [-0.05, 0) is 67.5 Å². The molecule has 0 fully saturated rings. The Balaban J connectivity index is 1.75. The Labute approximate surface area is 165 Å². The lowest BCUT2D eigenvalue weighted by Crippen LogP contribution is -2.38. The summed E-state index contributed by atoms with van der Waals surface area (Å²) in [7, 11) is 1.62. The van der Waals surface area contributed by atoms with Crippen molar-refractivity contribution in [1.82, 2.24) is 4.90 Å². The maximum atomic E-state index is 12.8. The summed E-state index contributed by atoms with van der Waals surface area (Å²) >= 11 is 1.80. The smallest absolute Gasteiger partial charge is 0.247 e. The van der Waals surface area contributed by atoms with Crippen molar-refractivity contribution in [2.75, 3.05) is 13.7 Å². The second-order valence-electron chi connectivity index (χ2n) is 6.92. The van der Waals surface area contributed by atoms with Crippen LogP contribution in [0.4, 0.5) is 0 Å². The van der Waals surface area contributed by atoms with E-state index in [0.29, 0.717) is 11.5 Å². The van der Waals surface area contributed by atoms with E-state index in [9.17, 15) is 4.79 Å². The average Bonchev–Trinajstić information content (AvgIpc) is 3.14. The van der Waals surface area contributed by atoms with E-state index in [1.54, 1.807) is 24.5 Å². The van der Waals surface area contributed by atoms with Gasteiger partial charge in [0.1, 0.15) is 0 Å². The third-order valence-corrected chi connectivity index (χ3v) is 5.73. The van der Waals surface area contributed by atoms with E-state index in [0.717, 1.165) is 24.9 Å². The fourth-order valence-corrected chi connectivity index (χ4v) is 4.43. The minimum Gasteiger partial charge on any atom is -0.493 e. The highest BCUT2D eigenvalue weighted by atomic mass is 32.1. The number of rotatable bonds is 6. The molecule has 27 heavy (non-hydrogen) atoms. The molecule has 1 unspecified atom stereocenters. The summed E-state index contributed by atoms with van der Waals surface area (Å²) in [5.41, 5.74) is 2.23. The summed E-state index contributed by atoms with van der Waals surface area (Å²) in [6.07, 6.45) is 5.46. The van der Waals surface area contributed by atoms with Crippen LogP contribution in [-0.2, 0) is 11.2 Å². The van der Waals surface area contributed by atoms with Gasteiger partial charge in [0.05, 0.1) is 19.3 Å². The Morgan fingerprint density at radius 2 is 2.15 bits per heavy atom. The summed E-state index contributed by atoms with van der Waals surface area (Å²) in [5.74, 6) is 1.44. The molecule has 1 aliphatic rings. The van der Waals surface area contributed by atoms with Crippen molar-refractivity contribution < 1.29 is 14.3 Å². The lowest BCUT2D eigenvalue weighted by atomic mass is 9.97. The number of hydrogen-bond acceptors (Lipinski definition) is 4. The third kappa shape index (κ3) is 4.35. The Bertz CT molecular complexity index is 825. The van der Waals surface area contributed by atoms with Crippen LogP contribution in [-0.4, -0.2) is 30.6 Å². The lowest BCUT2D eigenvalue weighted by Gasteiger charge is -2.34. The zero-order valence-electron chi connectivity index (χ0n) is 16.4. The molecule has 1 aliphatic heterocycles. The van der Waals surface area contributed by atoms with Crippen LogP contribution >= 0.6 is 11.3 Å². The number of ether oxygens (including phenoxy) is 2. The first-order valence-corrected chi connectivity index (χ1v) is 10.3. The van der Waals surface area contributed by atoms with Gasteiger partial charge in [-0.3, -0.25) is 4.79 Å². The first kappa shape index (κ1) is 19.5. The van der Waals surface area contributed by atoms with Crippen LogP contribution in [0, 0.1) is 0 Å². The van der Waals surface area contributed by atoms with Crippen LogP contribution in [0.5, 0.6) is 11.5 Å². The molecule has 5 heteroatoms. The molecule has 0 spiro atoms. The SMILES string of the molecule is CCC1c2ccsc2CCN1C(=O)/C=C/c1ccc(OC(C)C)c(OC)c1. The van der Waals surface area contributed by atoms with Gasteiger partial charge in [-0.15, -0.1) is 11.3 Å². The standard InChI is InChI=1S/C22H27NO3S/c1-5-18-17-11-13-27-21(17)10-12-23(18)22(24)9-7-16-6-8-19(26-15(2)3)20(14-16)25-4/h6-9,11,13-15,18H,5,10,12H2,1-4H3/b9-7+. The van der Waals surface area contributed by atoms with Gasteiger partial charge < -0.3 is 14.4 Å². The molecule has 1 aromatic carbocycles. The Morgan fingerprint density at radius 1 is 1.33 bits per heavy atom. The number of fused-ring (bicyclic) bond motifs is 1. The molecular weight excluding hydrogens is 358 g/mol. The van der Waals surface area contributed by atoms with Crippen LogP contribution in [0.2, 0.25) is 0 Å². The molecule has 0 saturated carbocycles. The van der Waals surface area contributed by atoms with E-state index in [1.807, 2.05) is 43.0 Å².